The van der Waals surface area contributed by atoms with Gasteiger partial charge in [-0.25, -0.2) is 0 Å². The predicted octanol–water partition coefficient (Wildman–Crippen LogP) is 18.8. The molecule has 80 heavy (non-hydrogen) atoms. The number of aliphatic hydroxyl groups excluding tert-OH is 5. The SMILES string of the molecule is CCCCCCCCCC/C=C\CCCCCCCCCCCCCCCCCCCC(=O)NC(COC1OC(CO)C(O)C(O)C1O)C(O)/C=C/CC/C=C/CC/C=C/CCCCCCCCCCCCCCCCCCCC. The van der Waals surface area contributed by atoms with Crippen molar-refractivity contribution in [3.05, 3.63) is 48.6 Å². The largest absolute Gasteiger partial charge is 0.394 e. The lowest BCUT2D eigenvalue weighted by Gasteiger charge is -2.40. The van der Waals surface area contributed by atoms with E-state index >= 15 is 0 Å². The highest BCUT2D eigenvalue weighted by Crippen LogP contribution is 2.23. The van der Waals surface area contributed by atoms with Crippen LogP contribution in [0.4, 0.5) is 0 Å². The molecule has 7 unspecified atom stereocenters. The highest BCUT2D eigenvalue weighted by molar-refractivity contribution is 5.76. The van der Waals surface area contributed by atoms with Gasteiger partial charge in [-0.2, -0.15) is 0 Å². The van der Waals surface area contributed by atoms with Crippen LogP contribution in [0.3, 0.4) is 0 Å². The topological polar surface area (TPSA) is 149 Å². The average molecular weight is 1130 g/mol. The summed E-state index contributed by atoms with van der Waals surface area (Å²) in [5.74, 6) is -0.185. The highest BCUT2D eigenvalue weighted by atomic mass is 16.7. The fourth-order valence-corrected chi connectivity index (χ4v) is 11.1. The van der Waals surface area contributed by atoms with Gasteiger partial charge >= 0.3 is 0 Å². The van der Waals surface area contributed by atoms with E-state index in [-0.39, 0.29) is 12.5 Å². The van der Waals surface area contributed by atoms with Crippen LogP contribution in [0.5, 0.6) is 0 Å². The molecule has 0 saturated carbocycles. The standard InChI is InChI=1S/C71H133NO8/c1-3-5-7-9-11-13-15-17-19-21-23-25-27-29-31-33-35-37-39-41-43-45-47-49-51-53-55-57-59-61-67(75)72-64(63-79-71-70(78)69(77)68(76)66(62-73)80-71)65(74)60-58-56-54-52-50-48-46-44-42-40-38-36-34-32-30-28-26-24-22-20-18-16-14-12-10-8-6-4-2/h21,23,42,44,50,52,58,60,64-66,68-71,73-74,76-78H,3-20,22,24-41,43,45-49,51,53-57,59,61-63H2,1-2H3,(H,72,75)/b23-21-,44-42+,52-50+,60-58+. The van der Waals surface area contributed by atoms with Crippen molar-refractivity contribution in [3.63, 3.8) is 0 Å². The lowest BCUT2D eigenvalue weighted by Crippen LogP contribution is -2.60. The van der Waals surface area contributed by atoms with E-state index in [2.05, 4.69) is 55.6 Å². The van der Waals surface area contributed by atoms with Crippen LogP contribution in [0.2, 0.25) is 0 Å². The van der Waals surface area contributed by atoms with Crippen molar-refractivity contribution >= 4 is 5.91 Å². The second kappa shape index (κ2) is 60.3. The van der Waals surface area contributed by atoms with Crippen molar-refractivity contribution in [2.75, 3.05) is 13.2 Å². The normalized spacial score (nSPS) is 18.7. The minimum absolute atomic E-state index is 0.185. The smallest absolute Gasteiger partial charge is 0.220 e. The maximum Gasteiger partial charge on any atom is 0.220 e. The van der Waals surface area contributed by atoms with Crippen molar-refractivity contribution in [1.82, 2.24) is 5.32 Å². The summed E-state index contributed by atoms with van der Waals surface area (Å²) in [7, 11) is 0. The number of carbonyl (C=O) groups is 1. The summed E-state index contributed by atoms with van der Waals surface area (Å²) in [4.78, 5) is 13.1. The zero-order valence-corrected chi connectivity index (χ0v) is 52.6. The third kappa shape index (κ3) is 48.5. The first-order valence-corrected chi connectivity index (χ1v) is 34.9. The van der Waals surface area contributed by atoms with Crippen molar-refractivity contribution in [2.24, 2.45) is 0 Å². The summed E-state index contributed by atoms with van der Waals surface area (Å²) in [6.07, 6.45) is 75.1. The van der Waals surface area contributed by atoms with E-state index in [1.165, 1.54) is 276 Å². The number of allylic oxidation sites excluding steroid dienone is 7. The second-order valence-electron chi connectivity index (χ2n) is 24.3. The fourth-order valence-electron chi connectivity index (χ4n) is 11.1. The van der Waals surface area contributed by atoms with E-state index in [1.807, 2.05) is 6.08 Å². The Hall–Kier alpha value is -1.85. The summed E-state index contributed by atoms with van der Waals surface area (Å²) in [5.41, 5.74) is 0. The number of hydrogen-bond donors (Lipinski definition) is 6. The lowest BCUT2D eigenvalue weighted by molar-refractivity contribution is -0.302. The first-order chi connectivity index (χ1) is 39.3. The van der Waals surface area contributed by atoms with Crippen LogP contribution < -0.4 is 5.32 Å². The van der Waals surface area contributed by atoms with E-state index in [0.29, 0.717) is 6.42 Å². The van der Waals surface area contributed by atoms with Gasteiger partial charge in [-0.15, -0.1) is 0 Å². The van der Waals surface area contributed by atoms with Gasteiger partial charge < -0.3 is 40.3 Å². The van der Waals surface area contributed by atoms with Gasteiger partial charge in [0.25, 0.3) is 0 Å². The van der Waals surface area contributed by atoms with Gasteiger partial charge in [0.05, 0.1) is 25.4 Å². The Morgan fingerprint density at radius 1 is 0.412 bits per heavy atom. The zero-order valence-electron chi connectivity index (χ0n) is 52.6. The number of ether oxygens (including phenoxy) is 2. The number of rotatable bonds is 61. The number of hydrogen-bond acceptors (Lipinski definition) is 8. The maximum absolute atomic E-state index is 13.1. The van der Waals surface area contributed by atoms with E-state index < -0.39 is 49.5 Å². The predicted molar refractivity (Wildman–Crippen MR) is 341 cm³/mol. The van der Waals surface area contributed by atoms with Crippen LogP contribution >= 0.6 is 0 Å². The second-order valence-corrected chi connectivity index (χ2v) is 24.3. The first kappa shape index (κ1) is 76.2. The molecule has 7 atom stereocenters. The van der Waals surface area contributed by atoms with Crippen molar-refractivity contribution in [1.29, 1.82) is 0 Å². The van der Waals surface area contributed by atoms with E-state index in [0.717, 1.165) is 44.9 Å². The van der Waals surface area contributed by atoms with Crippen molar-refractivity contribution < 1.29 is 39.8 Å². The summed E-state index contributed by atoms with van der Waals surface area (Å²) < 4.78 is 11.3. The molecule has 1 fully saturated rings. The Balaban J connectivity index is 2.16. The van der Waals surface area contributed by atoms with Gasteiger partial charge in [-0.05, 0) is 70.6 Å². The Bertz CT molecular complexity index is 1400. The summed E-state index contributed by atoms with van der Waals surface area (Å²) >= 11 is 0. The fraction of sp³-hybridized carbons (Fsp3) is 0.873. The van der Waals surface area contributed by atoms with Crippen LogP contribution in [0.25, 0.3) is 0 Å². The number of carbonyl (C=O) groups excluding carboxylic acids is 1. The highest BCUT2D eigenvalue weighted by Gasteiger charge is 2.44. The third-order valence-electron chi connectivity index (χ3n) is 16.6. The van der Waals surface area contributed by atoms with Gasteiger partial charge in [0.15, 0.2) is 6.29 Å². The molecule has 1 aliphatic rings. The van der Waals surface area contributed by atoms with Crippen LogP contribution in [-0.4, -0.2) is 87.5 Å². The molecule has 0 radical (unpaired) electrons. The van der Waals surface area contributed by atoms with Crippen molar-refractivity contribution in [2.45, 2.75) is 384 Å². The molecule has 1 saturated heterocycles. The first-order valence-electron chi connectivity index (χ1n) is 34.9. The van der Waals surface area contributed by atoms with Gasteiger partial charge in [0.1, 0.15) is 24.4 Å². The zero-order chi connectivity index (χ0) is 57.9. The van der Waals surface area contributed by atoms with E-state index in [4.69, 9.17) is 9.47 Å². The lowest BCUT2D eigenvalue weighted by atomic mass is 9.99. The van der Waals surface area contributed by atoms with Crippen LogP contribution in [0.1, 0.15) is 341 Å². The molecule has 6 N–H and O–H groups in total. The molecule has 0 aliphatic carbocycles. The molecule has 9 nitrogen and oxygen atoms in total. The van der Waals surface area contributed by atoms with Crippen molar-refractivity contribution in [3.8, 4) is 0 Å². The Kier molecular flexibility index (Phi) is 57.4. The molecule has 1 aliphatic heterocycles. The molecule has 0 aromatic carbocycles. The Morgan fingerprint density at radius 3 is 1.05 bits per heavy atom. The minimum atomic E-state index is -1.58. The molecule has 0 bridgehead atoms. The van der Waals surface area contributed by atoms with Crippen LogP contribution in [-0.2, 0) is 14.3 Å². The molecule has 9 heteroatoms. The molecular formula is C71H133NO8. The van der Waals surface area contributed by atoms with E-state index in [1.54, 1.807) is 6.08 Å². The number of nitrogens with one attached hydrogen (secondary N) is 1. The molecular weight excluding hydrogens is 995 g/mol. The number of aliphatic hydroxyl groups is 5. The van der Waals surface area contributed by atoms with Crippen LogP contribution in [0, 0.1) is 0 Å². The van der Waals surface area contributed by atoms with Gasteiger partial charge in [-0.1, -0.05) is 313 Å². The molecule has 1 amide bonds. The average Bonchev–Trinajstić information content (AvgIpc) is 3.46. The number of amides is 1. The maximum atomic E-state index is 13.1. The molecule has 0 aromatic heterocycles. The van der Waals surface area contributed by atoms with Gasteiger partial charge in [0.2, 0.25) is 5.91 Å². The van der Waals surface area contributed by atoms with Gasteiger partial charge in [-0.3, -0.25) is 4.79 Å². The molecule has 0 aromatic rings. The molecule has 0 spiro atoms. The summed E-state index contributed by atoms with van der Waals surface area (Å²) in [5, 5.41) is 54.7. The van der Waals surface area contributed by atoms with E-state index in [9.17, 15) is 30.3 Å². The summed E-state index contributed by atoms with van der Waals surface area (Å²) in [6.45, 7) is 3.80. The molecule has 1 rings (SSSR count). The Morgan fingerprint density at radius 2 is 0.713 bits per heavy atom. The Labute approximate surface area is 494 Å². The van der Waals surface area contributed by atoms with Gasteiger partial charge in [0, 0.05) is 6.42 Å². The van der Waals surface area contributed by atoms with Crippen LogP contribution in [0.15, 0.2) is 48.6 Å². The third-order valence-corrected chi connectivity index (χ3v) is 16.6. The quantitative estimate of drug-likeness (QED) is 0.0261. The summed E-state index contributed by atoms with van der Waals surface area (Å²) in [6, 6.07) is -0.830. The minimum Gasteiger partial charge on any atom is -0.394 e. The monoisotopic (exact) mass is 1130 g/mol. The molecule has 470 valence electrons. The number of unbranched alkanes of at least 4 members (excludes halogenated alkanes) is 45. The molecule has 1 heterocycles.